The van der Waals surface area contributed by atoms with Crippen molar-refractivity contribution >= 4 is 16.9 Å². The summed E-state index contributed by atoms with van der Waals surface area (Å²) in [6.45, 7) is 1.91. The van der Waals surface area contributed by atoms with Gasteiger partial charge in [0.15, 0.2) is 5.65 Å². The quantitative estimate of drug-likeness (QED) is 0.567. The van der Waals surface area contributed by atoms with Crippen molar-refractivity contribution in [1.29, 1.82) is 0 Å². The number of nitrogens with zero attached hydrogens (tertiary/aromatic N) is 4. The summed E-state index contributed by atoms with van der Waals surface area (Å²) in [6, 6.07) is 15.1. The fourth-order valence-corrected chi connectivity index (χ4v) is 3.22. The molecule has 0 aliphatic rings. The smallest absolute Gasteiger partial charge is 0.273 e. The largest absolute Gasteiger partial charge is 0.283 e. The van der Waals surface area contributed by atoms with E-state index in [4.69, 9.17) is 0 Å². The molecule has 0 bridgehead atoms. The summed E-state index contributed by atoms with van der Waals surface area (Å²) in [6.07, 6.45) is 3.22. The van der Waals surface area contributed by atoms with E-state index in [0.717, 1.165) is 10.2 Å². The van der Waals surface area contributed by atoms with Gasteiger partial charge in [-0.2, -0.15) is 5.10 Å². The Hall–Kier alpha value is -3.81. The summed E-state index contributed by atoms with van der Waals surface area (Å²) in [7, 11) is 0. The van der Waals surface area contributed by atoms with Crippen molar-refractivity contribution in [3.63, 3.8) is 0 Å². The molecule has 2 heterocycles. The van der Waals surface area contributed by atoms with Gasteiger partial charge in [0.1, 0.15) is 17.5 Å². The third-order valence-electron chi connectivity index (χ3n) is 4.72. The second kappa shape index (κ2) is 7.67. The van der Waals surface area contributed by atoms with E-state index >= 15 is 0 Å². The van der Waals surface area contributed by atoms with Crippen molar-refractivity contribution < 1.29 is 9.18 Å². The maximum absolute atomic E-state index is 13.2. The molecular formula is C21H18FN5O2. The van der Waals surface area contributed by atoms with E-state index in [1.165, 1.54) is 29.3 Å². The van der Waals surface area contributed by atoms with Crippen LogP contribution in [0.1, 0.15) is 24.8 Å². The second-order valence-electron chi connectivity index (χ2n) is 6.54. The number of hydrogen-bond donors (Lipinski definition) is 1. The molecule has 0 radical (unpaired) electrons. The number of nitrogens with one attached hydrogen (secondary N) is 1. The molecule has 29 heavy (non-hydrogen) atoms. The van der Waals surface area contributed by atoms with Crippen LogP contribution in [0.25, 0.3) is 16.7 Å². The Morgan fingerprint density at radius 3 is 2.55 bits per heavy atom. The number of fused-ring (bicyclic) bond motifs is 1. The van der Waals surface area contributed by atoms with Crippen LogP contribution in [0.3, 0.4) is 0 Å². The summed E-state index contributed by atoms with van der Waals surface area (Å²) in [5.41, 5.74) is 3.95. The van der Waals surface area contributed by atoms with E-state index in [1.54, 1.807) is 12.1 Å². The zero-order chi connectivity index (χ0) is 20.4. The highest BCUT2D eigenvalue weighted by Gasteiger charge is 2.20. The van der Waals surface area contributed by atoms with Gasteiger partial charge in [-0.15, -0.1) is 0 Å². The summed E-state index contributed by atoms with van der Waals surface area (Å²) in [5.74, 6) is -1.05. The van der Waals surface area contributed by atoms with E-state index < -0.39 is 5.56 Å². The zero-order valence-electron chi connectivity index (χ0n) is 15.6. The van der Waals surface area contributed by atoms with Crippen LogP contribution in [0.5, 0.6) is 0 Å². The predicted molar refractivity (Wildman–Crippen MR) is 107 cm³/mol. The second-order valence-corrected chi connectivity index (χ2v) is 6.54. The predicted octanol–water partition coefficient (Wildman–Crippen LogP) is 2.99. The molecule has 7 nitrogen and oxygen atoms in total. The minimum Gasteiger partial charge on any atom is -0.273 e. The third-order valence-corrected chi connectivity index (χ3v) is 4.72. The molecule has 1 unspecified atom stereocenters. The Kier molecular flexibility index (Phi) is 4.90. The van der Waals surface area contributed by atoms with Crippen molar-refractivity contribution in [3.8, 4) is 5.69 Å². The van der Waals surface area contributed by atoms with Crippen LogP contribution in [0.4, 0.5) is 4.39 Å². The molecule has 0 saturated heterocycles. The molecule has 1 N–H and O–H groups in total. The van der Waals surface area contributed by atoms with Crippen LogP contribution in [0.2, 0.25) is 0 Å². The monoisotopic (exact) mass is 391 g/mol. The topological polar surface area (TPSA) is 81.8 Å². The van der Waals surface area contributed by atoms with Crippen molar-refractivity contribution in [3.05, 3.63) is 88.9 Å². The number of aromatic nitrogens is 4. The Balaban J connectivity index is 1.65. The number of halogens is 1. The molecule has 0 fully saturated rings. The highest BCUT2D eigenvalue weighted by atomic mass is 19.1. The highest BCUT2D eigenvalue weighted by molar-refractivity contribution is 5.90. The van der Waals surface area contributed by atoms with E-state index in [9.17, 15) is 14.0 Å². The zero-order valence-corrected chi connectivity index (χ0v) is 15.6. The van der Waals surface area contributed by atoms with Crippen molar-refractivity contribution in [2.24, 2.45) is 0 Å². The molecule has 2 aromatic heterocycles. The summed E-state index contributed by atoms with van der Waals surface area (Å²) >= 11 is 0. The first-order valence-electron chi connectivity index (χ1n) is 9.15. The summed E-state index contributed by atoms with van der Waals surface area (Å²) < 4.78 is 15.7. The molecule has 146 valence electrons. The summed E-state index contributed by atoms with van der Waals surface area (Å²) in [4.78, 5) is 29.8. The van der Waals surface area contributed by atoms with Crippen LogP contribution in [-0.2, 0) is 4.79 Å². The first-order chi connectivity index (χ1) is 14.1. The minimum atomic E-state index is -0.445. The van der Waals surface area contributed by atoms with Gasteiger partial charge in [-0.25, -0.2) is 18.7 Å². The number of rotatable bonds is 5. The van der Waals surface area contributed by atoms with Gasteiger partial charge < -0.3 is 0 Å². The number of carbonyl (C=O) groups is 1. The van der Waals surface area contributed by atoms with Gasteiger partial charge in [0.25, 0.3) is 5.56 Å². The molecule has 8 heteroatoms. The lowest BCUT2D eigenvalue weighted by atomic mass is 9.96. The molecule has 2 aromatic carbocycles. The fraction of sp³-hybridized carbons (Fsp3) is 0.143. The molecule has 1 amide bonds. The van der Waals surface area contributed by atoms with Crippen LogP contribution in [0, 0.1) is 5.82 Å². The lowest BCUT2D eigenvalue weighted by Gasteiger charge is -2.16. The maximum atomic E-state index is 13.2. The molecule has 0 aliphatic carbocycles. The van der Waals surface area contributed by atoms with Gasteiger partial charge in [-0.1, -0.05) is 37.3 Å². The molecular weight excluding hydrogens is 373 g/mol. The Morgan fingerprint density at radius 2 is 1.86 bits per heavy atom. The van der Waals surface area contributed by atoms with E-state index in [2.05, 4.69) is 15.5 Å². The van der Waals surface area contributed by atoms with Crippen LogP contribution in [-0.4, -0.2) is 25.3 Å². The maximum Gasteiger partial charge on any atom is 0.283 e. The molecule has 0 aliphatic heterocycles. The Labute approximate surface area is 165 Å². The molecule has 0 saturated carbocycles. The molecule has 4 rings (SSSR count). The molecule has 1 atom stereocenters. The first kappa shape index (κ1) is 18.5. The van der Waals surface area contributed by atoms with Crippen LogP contribution < -0.4 is 11.0 Å². The Bertz CT molecular complexity index is 1220. The van der Waals surface area contributed by atoms with Crippen LogP contribution in [0.15, 0.2) is 71.9 Å². The summed E-state index contributed by atoms with van der Waals surface area (Å²) in [5, 5.41) is 4.42. The van der Waals surface area contributed by atoms with Crippen molar-refractivity contribution in [2.45, 2.75) is 19.3 Å². The third kappa shape index (κ3) is 3.52. The fourth-order valence-electron chi connectivity index (χ4n) is 3.22. The van der Waals surface area contributed by atoms with Gasteiger partial charge in [0.05, 0.1) is 17.8 Å². The van der Waals surface area contributed by atoms with Gasteiger partial charge in [0, 0.05) is 0 Å². The van der Waals surface area contributed by atoms with Crippen molar-refractivity contribution in [1.82, 2.24) is 19.4 Å². The van der Waals surface area contributed by atoms with E-state index in [1.807, 2.05) is 37.3 Å². The lowest BCUT2D eigenvalue weighted by molar-refractivity contribution is -0.118. The van der Waals surface area contributed by atoms with Gasteiger partial charge >= 0.3 is 0 Å². The van der Waals surface area contributed by atoms with Gasteiger partial charge in [-0.05, 0) is 36.2 Å². The number of carbonyl (C=O) groups excluding carboxylic acids is 1. The highest BCUT2D eigenvalue weighted by Crippen LogP contribution is 2.19. The van der Waals surface area contributed by atoms with E-state index in [0.29, 0.717) is 17.8 Å². The first-order valence-corrected chi connectivity index (χ1v) is 9.15. The molecule has 0 spiro atoms. The van der Waals surface area contributed by atoms with E-state index in [-0.39, 0.29) is 23.0 Å². The average Bonchev–Trinajstić information content (AvgIpc) is 3.17. The normalized spacial score (nSPS) is 12.1. The number of hydrogen-bond acceptors (Lipinski definition) is 4. The Morgan fingerprint density at radius 1 is 1.14 bits per heavy atom. The van der Waals surface area contributed by atoms with Crippen molar-refractivity contribution in [2.75, 3.05) is 5.43 Å². The number of benzene rings is 2. The standard InChI is InChI=1S/C21H18FN5O2/c1-2-17(14-6-4-3-5-7-14)20(28)25-26-13-23-19-18(21(26)29)12-24-27(19)16-10-8-15(22)9-11-16/h3-13,17H,2H2,1H3,(H,25,28). The van der Waals surface area contributed by atoms with Gasteiger partial charge in [-0.3, -0.25) is 15.0 Å². The minimum absolute atomic E-state index is 0.241. The SMILES string of the molecule is CCC(C(=O)Nn1cnc2c(cnn2-c2ccc(F)cc2)c1=O)c1ccccc1. The van der Waals surface area contributed by atoms with Crippen LogP contribution >= 0.6 is 0 Å². The molecule has 4 aromatic rings. The van der Waals surface area contributed by atoms with Gasteiger partial charge in [0.2, 0.25) is 5.91 Å². The lowest BCUT2D eigenvalue weighted by Crippen LogP contribution is -2.35. The number of amides is 1. The average molecular weight is 391 g/mol.